The van der Waals surface area contributed by atoms with Crippen molar-refractivity contribution in [2.24, 2.45) is 11.6 Å². The van der Waals surface area contributed by atoms with Crippen LogP contribution in [-0.4, -0.2) is 21.1 Å². The van der Waals surface area contributed by atoms with Gasteiger partial charge in [0.25, 0.3) is 5.91 Å². The van der Waals surface area contributed by atoms with Crippen LogP contribution in [0, 0.1) is 6.92 Å². The van der Waals surface area contributed by atoms with Crippen LogP contribution in [0.4, 0.5) is 24.7 Å². The fourth-order valence-electron chi connectivity index (χ4n) is 2.63. The zero-order valence-electron chi connectivity index (χ0n) is 16.3. The number of halogens is 3. The van der Waals surface area contributed by atoms with Crippen molar-refractivity contribution >= 4 is 23.1 Å². The Kier molecular flexibility index (Phi) is 6.16. The van der Waals surface area contributed by atoms with Crippen molar-refractivity contribution in [1.82, 2.24) is 15.2 Å². The molecule has 160 valence electrons. The van der Waals surface area contributed by atoms with E-state index >= 15 is 0 Å². The number of nitrogens with one attached hydrogen (secondary N) is 1. The quantitative estimate of drug-likeness (QED) is 0.421. The number of hydrogen-bond donors (Lipinski definition) is 3. The van der Waals surface area contributed by atoms with Gasteiger partial charge in [0.05, 0.1) is 23.1 Å². The number of hydrazine groups is 1. The molecule has 0 saturated carbocycles. The lowest BCUT2D eigenvalue weighted by Gasteiger charge is -2.18. The number of aromatic nitrogens is 3. The van der Waals surface area contributed by atoms with Crippen LogP contribution in [0.1, 0.15) is 27.0 Å². The van der Waals surface area contributed by atoms with E-state index in [4.69, 9.17) is 11.6 Å². The number of amides is 1. The summed E-state index contributed by atoms with van der Waals surface area (Å²) in [5, 5.41) is 10.3. The molecule has 0 aliphatic carbocycles. The minimum absolute atomic E-state index is 0.156. The second-order valence-electron chi connectivity index (χ2n) is 6.52. The molecule has 11 heteroatoms. The Bertz CT molecular complexity index is 1120. The molecule has 0 atom stereocenters. The monoisotopic (exact) mass is 429 g/mol. The minimum Gasteiger partial charge on any atom is -0.397 e. The highest BCUT2D eigenvalue weighted by atomic mass is 19.4. The van der Waals surface area contributed by atoms with E-state index in [-0.39, 0.29) is 11.4 Å². The number of benzene rings is 1. The van der Waals surface area contributed by atoms with Gasteiger partial charge >= 0.3 is 6.18 Å². The average molecular weight is 429 g/mol. The highest BCUT2D eigenvalue weighted by molar-refractivity contribution is 6.04. The number of hydrogen-bond acceptors (Lipinski definition) is 7. The molecule has 0 unspecified atom stereocenters. The van der Waals surface area contributed by atoms with E-state index in [2.05, 4.69) is 20.5 Å². The van der Waals surface area contributed by atoms with E-state index in [9.17, 15) is 18.0 Å². The lowest BCUT2D eigenvalue weighted by molar-refractivity contribution is -0.137. The summed E-state index contributed by atoms with van der Waals surface area (Å²) in [6.45, 7) is 1.78. The van der Waals surface area contributed by atoms with Gasteiger partial charge in [-0.05, 0) is 42.8 Å². The highest BCUT2D eigenvalue weighted by Gasteiger charge is 2.31. The molecule has 31 heavy (non-hydrogen) atoms. The molecule has 0 fully saturated rings. The number of nitrogens with zero attached hydrogens (tertiary/aromatic N) is 4. The summed E-state index contributed by atoms with van der Waals surface area (Å²) >= 11 is 0. The van der Waals surface area contributed by atoms with E-state index in [0.717, 1.165) is 5.56 Å². The van der Waals surface area contributed by atoms with Crippen LogP contribution in [0.25, 0.3) is 5.70 Å². The highest BCUT2D eigenvalue weighted by Crippen LogP contribution is 2.29. The van der Waals surface area contributed by atoms with Crippen LogP contribution < -0.4 is 21.9 Å². The summed E-state index contributed by atoms with van der Waals surface area (Å²) < 4.78 is 38.5. The van der Waals surface area contributed by atoms with Crippen molar-refractivity contribution in [2.75, 3.05) is 10.3 Å². The summed E-state index contributed by atoms with van der Waals surface area (Å²) in [5.41, 5.74) is 7.40. The predicted molar refractivity (Wildman–Crippen MR) is 109 cm³/mol. The molecule has 0 saturated heterocycles. The summed E-state index contributed by atoms with van der Waals surface area (Å²) in [5.74, 6) is 5.10. The molecule has 3 rings (SSSR count). The zero-order chi connectivity index (χ0) is 22.6. The molecule has 5 N–H and O–H groups in total. The molecule has 0 spiro atoms. The Balaban J connectivity index is 1.83. The molecule has 3 aromatic rings. The first-order valence-corrected chi connectivity index (χ1v) is 8.88. The molecule has 1 aromatic carbocycles. The second-order valence-corrected chi connectivity index (χ2v) is 6.52. The van der Waals surface area contributed by atoms with Gasteiger partial charge in [-0.15, -0.1) is 5.10 Å². The van der Waals surface area contributed by atoms with E-state index < -0.39 is 17.6 Å². The van der Waals surface area contributed by atoms with Crippen LogP contribution in [-0.2, 0) is 6.18 Å². The number of anilines is 2. The predicted octanol–water partition coefficient (Wildman–Crippen LogP) is 3.09. The van der Waals surface area contributed by atoms with Crippen molar-refractivity contribution < 1.29 is 18.0 Å². The van der Waals surface area contributed by atoms with E-state index in [1.165, 1.54) is 23.3 Å². The van der Waals surface area contributed by atoms with Crippen molar-refractivity contribution in [2.45, 2.75) is 13.1 Å². The second kappa shape index (κ2) is 8.79. The van der Waals surface area contributed by atoms with Crippen LogP contribution in [0.2, 0.25) is 0 Å². The zero-order valence-corrected chi connectivity index (χ0v) is 16.3. The molecule has 0 bridgehead atoms. The average Bonchev–Trinajstić information content (AvgIpc) is 2.74. The van der Waals surface area contributed by atoms with Crippen LogP contribution in [0.3, 0.4) is 0 Å². The number of alkyl halides is 3. The van der Waals surface area contributed by atoms with Gasteiger partial charge in [-0.3, -0.25) is 14.8 Å². The molecule has 8 nitrogen and oxygen atoms in total. The topological polar surface area (TPSA) is 123 Å². The number of pyridine rings is 1. The maximum atomic E-state index is 12.8. The maximum absolute atomic E-state index is 12.8. The van der Waals surface area contributed by atoms with Gasteiger partial charge in [-0.1, -0.05) is 6.07 Å². The molecular formula is C20H18F3N7O. The van der Waals surface area contributed by atoms with Gasteiger partial charge in [0.15, 0.2) is 5.82 Å². The fraction of sp³-hybridized carbons (Fsp3) is 0.100. The Morgan fingerprint density at radius 3 is 2.61 bits per heavy atom. The molecule has 0 radical (unpaired) electrons. The van der Waals surface area contributed by atoms with Gasteiger partial charge in [-0.25, -0.2) is 5.84 Å². The minimum atomic E-state index is -4.60. The Labute approximate surface area is 175 Å². The molecule has 2 aromatic heterocycles. The van der Waals surface area contributed by atoms with E-state index in [0.29, 0.717) is 29.2 Å². The van der Waals surface area contributed by atoms with Crippen molar-refractivity contribution in [3.05, 3.63) is 83.4 Å². The lowest BCUT2D eigenvalue weighted by atomic mass is 10.1. The van der Waals surface area contributed by atoms with E-state index in [1.807, 2.05) is 0 Å². The molecule has 0 aliphatic heterocycles. The fourth-order valence-corrected chi connectivity index (χ4v) is 2.63. The van der Waals surface area contributed by atoms with Crippen LogP contribution in [0.15, 0.2) is 61.2 Å². The van der Waals surface area contributed by atoms with Gasteiger partial charge in [0.1, 0.15) is 0 Å². The number of nitrogens with two attached hydrogens (primary N) is 2. The van der Waals surface area contributed by atoms with Crippen molar-refractivity contribution in [3.8, 4) is 0 Å². The standard InChI is InChI=1S/C20H18F3N7O/c1-12-4-5-13(19(31)28-18-8-15(10-27-29-18)20(21,22)23)7-17(12)30(25)11-16(24)14-3-2-6-26-9-14/h2-11H,24-25H2,1H3,(H,28,29,31)/b16-11-. The third kappa shape index (κ3) is 5.34. The number of rotatable bonds is 5. The van der Waals surface area contributed by atoms with Gasteiger partial charge in [0.2, 0.25) is 0 Å². The first-order chi connectivity index (χ1) is 14.6. The number of carbonyl (C=O) groups is 1. The first kappa shape index (κ1) is 21.7. The summed E-state index contributed by atoms with van der Waals surface area (Å²) in [7, 11) is 0. The third-order valence-corrected chi connectivity index (χ3v) is 4.25. The lowest BCUT2D eigenvalue weighted by Crippen LogP contribution is -2.27. The smallest absolute Gasteiger partial charge is 0.397 e. The normalized spacial score (nSPS) is 11.8. The first-order valence-electron chi connectivity index (χ1n) is 8.88. The summed E-state index contributed by atoms with van der Waals surface area (Å²) in [6, 6.07) is 8.84. The largest absolute Gasteiger partial charge is 0.418 e. The van der Waals surface area contributed by atoms with Gasteiger partial charge < -0.3 is 11.1 Å². The van der Waals surface area contributed by atoms with Crippen LogP contribution >= 0.6 is 0 Å². The van der Waals surface area contributed by atoms with Crippen molar-refractivity contribution in [1.29, 1.82) is 0 Å². The van der Waals surface area contributed by atoms with Gasteiger partial charge in [-0.2, -0.15) is 18.3 Å². The third-order valence-electron chi connectivity index (χ3n) is 4.25. The summed E-state index contributed by atoms with van der Waals surface area (Å²) in [6.07, 6.45) is 0.627. The maximum Gasteiger partial charge on any atom is 0.418 e. The molecular weight excluding hydrogens is 411 g/mol. The number of carbonyl (C=O) groups excluding carboxylic acids is 1. The van der Waals surface area contributed by atoms with E-state index in [1.54, 1.807) is 37.5 Å². The molecule has 1 amide bonds. The van der Waals surface area contributed by atoms with Gasteiger partial charge in [0, 0.05) is 29.7 Å². The SMILES string of the molecule is Cc1ccc(C(=O)Nc2cc(C(F)(F)F)cnn2)cc1N(N)/C=C(\N)c1cccnc1. The van der Waals surface area contributed by atoms with Crippen LogP contribution in [0.5, 0.6) is 0 Å². The molecule has 2 heterocycles. The van der Waals surface area contributed by atoms with Crippen molar-refractivity contribution in [3.63, 3.8) is 0 Å². The Morgan fingerprint density at radius 2 is 1.94 bits per heavy atom. The Morgan fingerprint density at radius 1 is 1.16 bits per heavy atom. The number of aryl methyl sites for hydroxylation is 1. The summed E-state index contributed by atoms with van der Waals surface area (Å²) in [4.78, 5) is 16.5. The molecule has 0 aliphatic rings. The Hall–Kier alpha value is -3.99.